The number of hydrogen-bond acceptors (Lipinski definition) is 1. The molecule has 0 radical (unpaired) electrons. The fourth-order valence-corrected chi connectivity index (χ4v) is 1.83. The Morgan fingerprint density at radius 3 is 2.81 bits per heavy atom. The molecule has 0 atom stereocenters. The maximum Gasteiger partial charge on any atom is 0.142 e. The average Bonchev–Trinajstić information content (AvgIpc) is 2.72. The predicted molar refractivity (Wildman–Crippen MR) is 62.8 cm³/mol. The lowest BCUT2D eigenvalue weighted by Gasteiger charge is -2.09. The molecule has 0 saturated carbocycles. The molecule has 1 aromatic carbocycles. The van der Waals surface area contributed by atoms with Crippen molar-refractivity contribution in [2.75, 3.05) is 0 Å². The van der Waals surface area contributed by atoms with Gasteiger partial charge in [-0.15, -0.1) is 0 Å². The summed E-state index contributed by atoms with van der Waals surface area (Å²) in [6, 6.07) is 8.67. The van der Waals surface area contributed by atoms with E-state index in [0.717, 1.165) is 11.3 Å². The summed E-state index contributed by atoms with van der Waals surface area (Å²) in [5.41, 5.74) is 7.35. The highest BCUT2D eigenvalue weighted by atomic mass is 35.5. The molecule has 16 heavy (non-hydrogen) atoms. The van der Waals surface area contributed by atoms with Crippen molar-refractivity contribution in [1.82, 2.24) is 4.57 Å². The first kappa shape index (κ1) is 11.2. The molecule has 1 aromatic heterocycles. The number of rotatable bonds is 3. The monoisotopic (exact) mass is 238 g/mol. The van der Waals surface area contributed by atoms with E-state index < -0.39 is 0 Å². The van der Waals surface area contributed by atoms with Crippen LogP contribution in [0.15, 0.2) is 36.5 Å². The zero-order valence-corrected chi connectivity index (χ0v) is 9.41. The van der Waals surface area contributed by atoms with Crippen LogP contribution in [0.5, 0.6) is 0 Å². The lowest BCUT2D eigenvalue weighted by atomic mass is 10.2. The van der Waals surface area contributed by atoms with Crippen molar-refractivity contribution in [2.45, 2.75) is 13.1 Å². The molecule has 0 bridgehead atoms. The van der Waals surface area contributed by atoms with Crippen molar-refractivity contribution in [3.8, 4) is 0 Å². The smallest absolute Gasteiger partial charge is 0.142 e. The zero-order chi connectivity index (χ0) is 11.5. The molecule has 4 heteroatoms. The highest BCUT2D eigenvalue weighted by Gasteiger charge is 2.07. The van der Waals surface area contributed by atoms with Gasteiger partial charge >= 0.3 is 0 Å². The molecule has 84 valence electrons. The lowest BCUT2D eigenvalue weighted by molar-refractivity contribution is 0.623. The van der Waals surface area contributed by atoms with E-state index in [2.05, 4.69) is 0 Å². The van der Waals surface area contributed by atoms with Crippen molar-refractivity contribution in [3.05, 3.63) is 58.6 Å². The largest absolute Gasteiger partial charge is 0.346 e. The Morgan fingerprint density at radius 2 is 2.06 bits per heavy atom. The first-order chi connectivity index (χ1) is 7.72. The van der Waals surface area contributed by atoms with Gasteiger partial charge in [0, 0.05) is 25.0 Å². The molecule has 0 fully saturated rings. The maximum absolute atomic E-state index is 13.2. The fraction of sp³-hybridized carbons (Fsp3) is 0.167. The Morgan fingerprint density at radius 1 is 1.25 bits per heavy atom. The van der Waals surface area contributed by atoms with Gasteiger partial charge < -0.3 is 10.3 Å². The first-order valence-corrected chi connectivity index (χ1v) is 5.37. The number of aromatic nitrogens is 1. The minimum absolute atomic E-state index is 0.180. The number of hydrogen-bond donors (Lipinski definition) is 1. The molecule has 0 saturated heterocycles. The molecular weight excluding hydrogens is 227 g/mol. The Labute approximate surface area is 98.4 Å². The Hall–Kier alpha value is -1.32. The van der Waals surface area contributed by atoms with Crippen LogP contribution in [0.25, 0.3) is 0 Å². The van der Waals surface area contributed by atoms with E-state index in [1.165, 1.54) is 6.07 Å². The van der Waals surface area contributed by atoms with Crippen molar-refractivity contribution >= 4 is 11.6 Å². The summed E-state index contributed by atoms with van der Waals surface area (Å²) < 4.78 is 15.2. The van der Waals surface area contributed by atoms with Gasteiger partial charge in [0.1, 0.15) is 5.82 Å². The van der Waals surface area contributed by atoms with E-state index in [1.807, 2.05) is 29.0 Å². The molecule has 2 aromatic rings. The molecule has 0 aliphatic carbocycles. The molecule has 0 unspecified atom stereocenters. The number of nitrogens with two attached hydrogens (primary N) is 1. The molecule has 2 N–H and O–H groups in total. The first-order valence-electron chi connectivity index (χ1n) is 4.99. The van der Waals surface area contributed by atoms with Crippen LogP contribution in [0, 0.1) is 5.82 Å². The van der Waals surface area contributed by atoms with Gasteiger partial charge in [-0.25, -0.2) is 4.39 Å². The topological polar surface area (TPSA) is 30.9 Å². The summed E-state index contributed by atoms with van der Waals surface area (Å²) in [7, 11) is 0. The Balaban J connectivity index is 2.30. The van der Waals surface area contributed by atoms with Gasteiger partial charge in [0.2, 0.25) is 0 Å². The SMILES string of the molecule is NCc1cccn1Cc1cccc(F)c1Cl. The van der Waals surface area contributed by atoms with Gasteiger partial charge in [-0.05, 0) is 23.8 Å². The fourth-order valence-electron chi connectivity index (χ4n) is 1.64. The summed E-state index contributed by atoms with van der Waals surface area (Å²) in [6.07, 6.45) is 1.91. The van der Waals surface area contributed by atoms with E-state index >= 15 is 0 Å². The number of nitrogens with zero attached hydrogens (tertiary/aromatic N) is 1. The Bertz CT molecular complexity index is 494. The molecule has 1 heterocycles. The van der Waals surface area contributed by atoms with Crippen LogP contribution in [-0.2, 0) is 13.1 Å². The van der Waals surface area contributed by atoms with Gasteiger partial charge in [0.15, 0.2) is 0 Å². The van der Waals surface area contributed by atoms with E-state index in [1.54, 1.807) is 6.07 Å². The third-order valence-electron chi connectivity index (χ3n) is 2.50. The molecule has 2 rings (SSSR count). The predicted octanol–water partition coefficient (Wildman–Crippen LogP) is 2.79. The lowest BCUT2D eigenvalue weighted by Crippen LogP contribution is -2.07. The second-order valence-corrected chi connectivity index (χ2v) is 3.92. The minimum Gasteiger partial charge on any atom is -0.346 e. The van der Waals surface area contributed by atoms with Crippen LogP contribution in [-0.4, -0.2) is 4.57 Å². The highest BCUT2D eigenvalue weighted by Crippen LogP contribution is 2.21. The second-order valence-electron chi connectivity index (χ2n) is 3.54. The third kappa shape index (κ3) is 2.10. The summed E-state index contributed by atoms with van der Waals surface area (Å²) >= 11 is 5.89. The maximum atomic E-state index is 13.2. The van der Waals surface area contributed by atoms with Crippen molar-refractivity contribution < 1.29 is 4.39 Å². The van der Waals surface area contributed by atoms with Crippen LogP contribution in [0.3, 0.4) is 0 Å². The zero-order valence-electron chi connectivity index (χ0n) is 8.66. The molecule has 0 amide bonds. The number of benzene rings is 1. The van der Waals surface area contributed by atoms with Crippen LogP contribution in [0.2, 0.25) is 5.02 Å². The van der Waals surface area contributed by atoms with E-state index in [4.69, 9.17) is 17.3 Å². The summed E-state index contributed by atoms with van der Waals surface area (Å²) in [5.74, 6) is -0.388. The van der Waals surface area contributed by atoms with Gasteiger partial charge in [0.25, 0.3) is 0 Å². The Kier molecular flexibility index (Phi) is 3.27. The quantitative estimate of drug-likeness (QED) is 0.876. The van der Waals surface area contributed by atoms with E-state index in [-0.39, 0.29) is 10.8 Å². The van der Waals surface area contributed by atoms with E-state index in [0.29, 0.717) is 13.1 Å². The van der Waals surface area contributed by atoms with Gasteiger partial charge in [-0.1, -0.05) is 23.7 Å². The van der Waals surface area contributed by atoms with Crippen molar-refractivity contribution in [2.24, 2.45) is 5.73 Å². The van der Waals surface area contributed by atoms with Crippen LogP contribution < -0.4 is 5.73 Å². The molecule has 0 aliphatic rings. The molecule has 0 aliphatic heterocycles. The second kappa shape index (κ2) is 4.68. The normalized spacial score (nSPS) is 10.7. The molecule has 0 spiro atoms. The van der Waals surface area contributed by atoms with Gasteiger partial charge in [0.05, 0.1) is 5.02 Å². The van der Waals surface area contributed by atoms with Gasteiger partial charge in [-0.2, -0.15) is 0 Å². The highest BCUT2D eigenvalue weighted by molar-refractivity contribution is 6.31. The van der Waals surface area contributed by atoms with Crippen LogP contribution >= 0.6 is 11.6 Å². The summed E-state index contributed by atoms with van der Waals surface area (Å²) in [4.78, 5) is 0. The average molecular weight is 239 g/mol. The summed E-state index contributed by atoms with van der Waals surface area (Å²) in [6.45, 7) is 0.996. The standard InChI is InChI=1S/C12H12ClFN2/c13-12-9(3-1-5-11(12)14)8-16-6-2-4-10(16)7-15/h1-6H,7-8,15H2. The van der Waals surface area contributed by atoms with Crippen molar-refractivity contribution in [3.63, 3.8) is 0 Å². The number of halogens is 2. The van der Waals surface area contributed by atoms with Crippen molar-refractivity contribution in [1.29, 1.82) is 0 Å². The van der Waals surface area contributed by atoms with Crippen LogP contribution in [0.4, 0.5) is 4.39 Å². The van der Waals surface area contributed by atoms with Gasteiger partial charge in [-0.3, -0.25) is 0 Å². The minimum atomic E-state index is -0.388. The van der Waals surface area contributed by atoms with E-state index in [9.17, 15) is 4.39 Å². The molecule has 2 nitrogen and oxygen atoms in total. The molecular formula is C12H12ClFN2. The summed E-state index contributed by atoms with van der Waals surface area (Å²) in [5, 5.41) is 0.180. The third-order valence-corrected chi connectivity index (χ3v) is 2.93. The van der Waals surface area contributed by atoms with Crippen LogP contribution in [0.1, 0.15) is 11.3 Å².